The number of carbonyl (C=O) groups excluding carboxylic acids is 2. The van der Waals surface area contributed by atoms with Crippen molar-refractivity contribution in [2.75, 3.05) is 24.4 Å². The second-order valence-electron chi connectivity index (χ2n) is 6.02. The molecule has 0 aliphatic carbocycles. The first-order valence-electron chi connectivity index (χ1n) is 6.64. The summed E-state index contributed by atoms with van der Waals surface area (Å²) in [5.41, 5.74) is 0.105. The first-order chi connectivity index (χ1) is 9.94. The van der Waals surface area contributed by atoms with Crippen LogP contribution in [0.3, 0.4) is 0 Å². The Balaban J connectivity index is 2.99. The van der Waals surface area contributed by atoms with Crippen LogP contribution < -0.4 is 5.32 Å². The highest BCUT2D eigenvalue weighted by atomic mass is 32.2. The molecule has 124 valence electrons. The normalized spacial score (nSPS) is 12.0. The van der Waals surface area contributed by atoms with Crippen LogP contribution >= 0.6 is 11.3 Å². The highest BCUT2D eigenvalue weighted by Gasteiger charge is 2.24. The number of nitrogens with one attached hydrogen (secondary N) is 1. The molecule has 22 heavy (non-hydrogen) atoms. The number of carbonyl (C=O) groups is 2. The molecule has 0 spiro atoms. The van der Waals surface area contributed by atoms with Gasteiger partial charge in [0.1, 0.15) is 14.8 Å². The van der Waals surface area contributed by atoms with Crippen LogP contribution in [-0.4, -0.2) is 39.4 Å². The number of methoxy groups -OCH3 is 1. The van der Waals surface area contributed by atoms with Gasteiger partial charge in [0.2, 0.25) is 5.91 Å². The van der Waals surface area contributed by atoms with Gasteiger partial charge in [-0.05, 0) is 11.5 Å². The summed E-state index contributed by atoms with van der Waals surface area (Å²) in [5, 5.41) is 2.99. The number of hydrogen-bond donors (Lipinski definition) is 1. The lowest BCUT2D eigenvalue weighted by molar-refractivity contribution is -0.115. The zero-order valence-electron chi connectivity index (χ0n) is 13.3. The van der Waals surface area contributed by atoms with Gasteiger partial charge in [0, 0.05) is 17.6 Å². The third-order valence-corrected chi connectivity index (χ3v) is 5.25. The summed E-state index contributed by atoms with van der Waals surface area (Å²) in [7, 11) is -1.94. The maximum Gasteiger partial charge on any atom is 0.340 e. The maximum absolute atomic E-state index is 11.9. The molecule has 0 atom stereocenters. The van der Waals surface area contributed by atoms with Crippen molar-refractivity contribution >= 4 is 38.1 Å². The van der Waals surface area contributed by atoms with E-state index >= 15 is 0 Å². The van der Waals surface area contributed by atoms with E-state index in [2.05, 4.69) is 5.32 Å². The minimum Gasteiger partial charge on any atom is -0.465 e. The molecule has 0 radical (unpaired) electrons. The number of amides is 1. The summed E-state index contributed by atoms with van der Waals surface area (Å²) in [5.74, 6) is -1.22. The Morgan fingerprint density at radius 1 is 1.32 bits per heavy atom. The first kappa shape index (κ1) is 18.6. The van der Waals surface area contributed by atoms with Gasteiger partial charge in [-0.3, -0.25) is 4.79 Å². The Morgan fingerprint density at radius 3 is 2.36 bits per heavy atom. The lowest BCUT2D eigenvalue weighted by Crippen LogP contribution is -2.17. The summed E-state index contributed by atoms with van der Waals surface area (Å²) in [6.45, 7) is 5.99. The average Bonchev–Trinajstić information content (AvgIpc) is 2.78. The van der Waals surface area contributed by atoms with Crippen LogP contribution in [0.4, 0.5) is 5.00 Å². The molecule has 8 heteroatoms. The number of hydrogen-bond acceptors (Lipinski definition) is 6. The van der Waals surface area contributed by atoms with Crippen molar-refractivity contribution < 1.29 is 22.7 Å². The highest BCUT2D eigenvalue weighted by molar-refractivity contribution is 7.90. The average molecular weight is 347 g/mol. The maximum atomic E-state index is 11.9. The van der Waals surface area contributed by atoms with E-state index in [1.165, 1.54) is 18.4 Å². The Hall–Kier alpha value is -1.41. The van der Waals surface area contributed by atoms with E-state index in [9.17, 15) is 18.0 Å². The molecular weight excluding hydrogens is 326 g/mol. The SMILES string of the molecule is COC(=O)c1cc(C(C)(C)C)sc1NC(=O)CCS(C)(=O)=O. The second kappa shape index (κ2) is 6.78. The molecule has 0 saturated heterocycles. The molecule has 0 fully saturated rings. The Bertz CT molecular complexity index is 668. The number of rotatable bonds is 5. The molecule has 0 unspecified atom stereocenters. The van der Waals surface area contributed by atoms with Gasteiger partial charge in [0.05, 0.1) is 18.4 Å². The predicted octanol–water partition coefficient (Wildman–Crippen LogP) is 2.21. The molecule has 1 aromatic rings. The molecule has 0 aromatic carbocycles. The fraction of sp³-hybridized carbons (Fsp3) is 0.571. The van der Waals surface area contributed by atoms with Crippen LogP contribution in [0.25, 0.3) is 0 Å². The number of esters is 1. The first-order valence-corrected chi connectivity index (χ1v) is 9.52. The smallest absolute Gasteiger partial charge is 0.340 e. The van der Waals surface area contributed by atoms with Crippen molar-refractivity contribution in [2.45, 2.75) is 32.6 Å². The van der Waals surface area contributed by atoms with Crippen molar-refractivity contribution in [1.82, 2.24) is 0 Å². The third-order valence-electron chi connectivity index (χ3n) is 2.83. The molecule has 6 nitrogen and oxygen atoms in total. The van der Waals surface area contributed by atoms with Crippen LogP contribution in [0.15, 0.2) is 6.07 Å². The van der Waals surface area contributed by atoms with Gasteiger partial charge in [0.25, 0.3) is 0 Å². The fourth-order valence-electron chi connectivity index (χ4n) is 1.58. The Labute approximate surface area is 134 Å². The molecule has 1 rings (SSSR count). The van der Waals surface area contributed by atoms with Crippen molar-refractivity contribution in [2.24, 2.45) is 0 Å². The zero-order chi connectivity index (χ0) is 17.1. The lowest BCUT2D eigenvalue weighted by atomic mass is 9.94. The van der Waals surface area contributed by atoms with Gasteiger partial charge < -0.3 is 10.1 Å². The predicted molar refractivity (Wildman–Crippen MR) is 87.3 cm³/mol. The van der Waals surface area contributed by atoms with Gasteiger partial charge >= 0.3 is 5.97 Å². The van der Waals surface area contributed by atoms with E-state index in [-0.39, 0.29) is 23.2 Å². The minimum absolute atomic E-state index is 0.151. The number of sulfone groups is 1. The molecule has 1 aromatic heterocycles. The van der Waals surface area contributed by atoms with E-state index in [4.69, 9.17) is 4.74 Å². The highest BCUT2D eigenvalue weighted by Crippen LogP contribution is 2.36. The standard InChI is InChI=1S/C14H21NO5S2/c1-14(2,3)10-8-9(13(17)20-4)12(21-10)15-11(16)6-7-22(5,18)19/h8H,6-7H2,1-5H3,(H,15,16). The van der Waals surface area contributed by atoms with E-state index in [0.29, 0.717) is 5.00 Å². The molecule has 0 saturated carbocycles. The van der Waals surface area contributed by atoms with Crippen LogP contribution in [0.1, 0.15) is 42.4 Å². The van der Waals surface area contributed by atoms with Crippen LogP contribution in [0.5, 0.6) is 0 Å². The molecule has 0 bridgehead atoms. The third kappa shape index (κ3) is 5.42. The van der Waals surface area contributed by atoms with Gasteiger partial charge in [-0.1, -0.05) is 20.8 Å². The Morgan fingerprint density at radius 2 is 1.91 bits per heavy atom. The summed E-state index contributed by atoms with van der Waals surface area (Å²) in [6, 6.07) is 1.70. The van der Waals surface area contributed by atoms with Crippen molar-refractivity contribution in [3.8, 4) is 0 Å². The summed E-state index contributed by atoms with van der Waals surface area (Å²) >= 11 is 1.29. The fourth-order valence-corrected chi connectivity index (χ4v) is 3.26. The second-order valence-corrected chi connectivity index (χ2v) is 9.34. The Kier molecular flexibility index (Phi) is 5.75. The van der Waals surface area contributed by atoms with E-state index in [1.54, 1.807) is 6.07 Å². The summed E-state index contributed by atoms with van der Waals surface area (Å²) in [6.07, 6.45) is 0.922. The molecule has 0 aliphatic rings. The topological polar surface area (TPSA) is 89.5 Å². The molecular formula is C14H21NO5S2. The van der Waals surface area contributed by atoms with Gasteiger partial charge in [0.15, 0.2) is 0 Å². The number of anilines is 1. The van der Waals surface area contributed by atoms with Gasteiger partial charge in [-0.15, -0.1) is 11.3 Å². The van der Waals surface area contributed by atoms with Crippen LogP contribution in [0, 0.1) is 0 Å². The quantitative estimate of drug-likeness (QED) is 0.825. The van der Waals surface area contributed by atoms with E-state index in [0.717, 1.165) is 11.1 Å². The minimum atomic E-state index is -3.21. The van der Waals surface area contributed by atoms with E-state index in [1.807, 2.05) is 20.8 Å². The largest absolute Gasteiger partial charge is 0.465 e. The van der Waals surface area contributed by atoms with Crippen LogP contribution in [-0.2, 0) is 24.8 Å². The monoisotopic (exact) mass is 347 g/mol. The molecule has 1 heterocycles. The molecule has 1 amide bonds. The summed E-state index contributed by atoms with van der Waals surface area (Å²) in [4.78, 5) is 24.6. The van der Waals surface area contributed by atoms with Gasteiger partial charge in [-0.2, -0.15) is 0 Å². The zero-order valence-corrected chi connectivity index (χ0v) is 15.0. The van der Waals surface area contributed by atoms with Crippen molar-refractivity contribution in [1.29, 1.82) is 0 Å². The lowest BCUT2D eigenvalue weighted by Gasteiger charge is -2.15. The van der Waals surface area contributed by atoms with Crippen molar-refractivity contribution in [3.63, 3.8) is 0 Å². The van der Waals surface area contributed by atoms with Crippen LogP contribution in [0.2, 0.25) is 0 Å². The number of thiophene rings is 1. The summed E-state index contributed by atoms with van der Waals surface area (Å²) < 4.78 is 26.9. The van der Waals surface area contributed by atoms with Gasteiger partial charge in [-0.25, -0.2) is 13.2 Å². The van der Waals surface area contributed by atoms with Crippen molar-refractivity contribution in [3.05, 3.63) is 16.5 Å². The van der Waals surface area contributed by atoms with E-state index < -0.39 is 21.7 Å². The number of ether oxygens (including phenoxy) is 1. The molecule has 0 aliphatic heterocycles. The molecule has 1 N–H and O–H groups in total.